The number of sulfone groups is 1. The second-order valence-electron chi connectivity index (χ2n) is 7.29. The number of benzene rings is 3. The maximum Gasteiger partial charge on any atom is 0.255 e. The van der Waals surface area contributed by atoms with E-state index in [1.165, 1.54) is 11.8 Å². The van der Waals surface area contributed by atoms with Crippen LogP contribution in [-0.2, 0) is 15.6 Å². The summed E-state index contributed by atoms with van der Waals surface area (Å²) in [6.45, 7) is 2.07. The molecule has 7 heteroatoms. The van der Waals surface area contributed by atoms with Gasteiger partial charge >= 0.3 is 0 Å². The Morgan fingerprint density at radius 3 is 2.37 bits per heavy atom. The third-order valence-electron chi connectivity index (χ3n) is 4.58. The predicted octanol–water partition coefficient (Wildman–Crippen LogP) is 5.07. The summed E-state index contributed by atoms with van der Waals surface area (Å²) in [6, 6.07) is 20.4. The van der Waals surface area contributed by atoms with E-state index in [2.05, 4.69) is 29.4 Å². The van der Waals surface area contributed by atoms with Gasteiger partial charge in [0.2, 0.25) is 0 Å². The number of aromatic nitrogens is 1. The number of nitrogens with zero attached hydrogens (tertiary/aromatic N) is 1. The van der Waals surface area contributed by atoms with E-state index in [0.717, 1.165) is 20.8 Å². The van der Waals surface area contributed by atoms with Gasteiger partial charge in [0.25, 0.3) is 5.91 Å². The maximum absolute atomic E-state index is 12.5. The molecule has 0 aliphatic carbocycles. The number of hydrogen-bond acceptors (Lipinski definition) is 5. The molecule has 0 aliphatic heterocycles. The monoisotopic (exact) mass is 436 g/mol. The number of aryl methyl sites for hydroxylation is 1. The van der Waals surface area contributed by atoms with Gasteiger partial charge < -0.3 is 5.32 Å². The van der Waals surface area contributed by atoms with E-state index in [1.807, 2.05) is 30.3 Å². The molecule has 1 amide bonds. The molecule has 0 fully saturated rings. The molecule has 0 saturated carbocycles. The predicted molar refractivity (Wildman–Crippen MR) is 123 cm³/mol. The van der Waals surface area contributed by atoms with E-state index >= 15 is 0 Å². The number of amides is 1. The first kappa shape index (κ1) is 20.3. The van der Waals surface area contributed by atoms with E-state index in [0.29, 0.717) is 16.8 Å². The van der Waals surface area contributed by atoms with Gasteiger partial charge in [0.05, 0.1) is 16.0 Å². The van der Waals surface area contributed by atoms with Gasteiger partial charge in [-0.05, 0) is 66.6 Å². The van der Waals surface area contributed by atoms with Crippen LogP contribution in [0, 0.1) is 6.92 Å². The summed E-state index contributed by atoms with van der Waals surface area (Å²) in [5, 5.41) is 3.80. The van der Waals surface area contributed by atoms with Gasteiger partial charge in [0.1, 0.15) is 5.01 Å². The van der Waals surface area contributed by atoms with Crippen LogP contribution in [0.25, 0.3) is 20.8 Å². The van der Waals surface area contributed by atoms with Gasteiger partial charge in [0, 0.05) is 23.1 Å². The lowest BCUT2D eigenvalue weighted by Gasteiger charge is -2.07. The minimum absolute atomic E-state index is 0.0400. The Balaban J connectivity index is 1.46. The number of hydrogen-bond donors (Lipinski definition) is 1. The van der Waals surface area contributed by atoms with Crippen LogP contribution in [0.5, 0.6) is 0 Å². The van der Waals surface area contributed by atoms with Crippen molar-refractivity contribution in [1.29, 1.82) is 0 Å². The Morgan fingerprint density at radius 1 is 1.00 bits per heavy atom. The number of carbonyl (C=O) groups excluding carboxylic acids is 1. The summed E-state index contributed by atoms with van der Waals surface area (Å²) < 4.78 is 23.9. The van der Waals surface area contributed by atoms with Crippen molar-refractivity contribution >= 4 is 43.0 Å². The third kappa shape index (κ3) is 4.75. The van der Waals surface area contributed by atoms with Crippen LogP contribution in [0.1, 0.15) is 21.5 Å². The number of carbonyl (C=O) groups is 1. The van der Waals surface area contributed by atoms with Crippen molar-refractivity contribution < 1.29 is 13.2 Å². The first-order valence-corrected chi connectivity index (χ1v) is 12.2. The molecule has 0 atom stereocenters. The van der Waals surface area contributed by atoms with E-state index in [9.17, 15) is 13.2 Å². The quantitative estimate of drug-likeness (QED) is 0.474. The van der Waals surface area contributed by atoms with Crippen LogP contribution in [0.3, 0.4) is 0 Å². The molecule has 0 radical (unpaired) electrons. The second-order valence-corrected chi connectivity index (χ2v) is 10.5. The molecule has 4 rings (SSSR count). The lowest BCUT2D eigenvalue weighted by atomic mass is 10.1. The molecule has 0 unspecified atom stereocenters. The zero-order chi connectivity index (χ0) is 21.3. The Kier molecular flexibility index (Phi) is 5.40. The summed E-state index contributed by atoms with van der Waals surface area (Å²) in [5.74, 6) is -0.286. The Hall–Kier alpha value is -3.03. The second kappa shape index (κ2) is 8.01. The fourth-order valence-electron chi connectivity index (χ4n) is 3.11. The number of fused-ring (bicyclic) bond motifs is 1. The zero-order valence-corrected chi connectivity index (χ0v) is 18.2. The molecule has 1 N–H and O–H groups in total. The molecule has 0 saturated heterocycles. The topological polar surface area (TPSA) is 76.1 Å². The maximum atomic E-state index is 12.5. The average molecular weight is 437 g/mol. The fourth-order valence-corrected chi connectivity index (χ4v) is 4.98. The lowest BCUT2D eigenvalue weighted by molar-refractivity contribution is 0.102. The lowest BCUT2D eigenvalue weighted by Crippen LogP contribution is -2.12. The first-order valence-electron chi connectivity index (χ1n) is 9.32. The number of nitrogens with one attached hydrogen (secondary N) is 1. The number of anilines is 1. The van der Waals surface area contributed by atoms with E-state index in [1.54, 1.807) is 35.6 Å². The summed E-state index contributed by atoms with van der Waals surface area (Å²) in [6.07, 6.45) is 1.19. The van der Waals surface area contributed by atoms with E-state index in [4.69, 9.17) is 0 Å². The molecule has 5 nitrogen and oxygen atoms in total. The highest BCUT2D eigenvalue weighted by molar-refractivity contribution is 7.89. The molecule has 1 aromatic heterocycles. The van der Waals surface area contributed by atoms with E-state index in [-0.39, 0.29) is 11.7 Å². The molecule has 3 aromatic carbocycles. The normalized spacial score (nSPS) is 11.5. The highest BCUT2D eigenvalue weighted by Crippen LogP contribution is 2.31. The van der Waals surface area contributed by atoms with Crippen molar-refractivity contribution in [3.8, 4) is 10.6 Å². The largest absolute Gasteiger partial charge is 0.322 e. The summed E-state index contributed by atoms with van der Waals surface area (Å²) in [4.78, 5) is 17.2. The van der Waals surface area contributed by atoms with Gasteiger partial charge in [-0.15, -0.1) is 11.3 Å². The van der Waals surface area contributed by atoms with Crippen LogP contribution in [0.2, 0.25) is 0 Å². The smallest absolute Gasteiger partial charge is 0.255 e. The van der Waals surface area contributed by atoms with Crippen molar-refractivity contribution in [3.05, 3.63) is 83.4 Å². The van der Waals surface area contributed by atoms with E-state index < -0.39 is 9.84 Å². The molecule has 0 aliphatic rings. The van der Waals surface area contributed by atoms with Crippen LogP contribution in [0.4, 0.5) is 5.69 Å². The first-order chi connectivity index (χ1) is 14.3. The SMILES string of the molecule is Cc1ccc2nc(-c3ccc(NC(=O)c4ccc(CS(C)(=O)=O)cc4)cc3)sc2c1. The Morgan fingerprint density at radius 2 is 1.70 bits per heavy atom. The molecule has 4 aromatic rings. The minimum atomic E-state index is -3.10. The third-order valence-corrected chi connectivity index (χ3v) is 6.50. The average Bonchev–Trinajstić information content (AvgIpc) is 3.11. The summed E-state index contributed by atoms with van der Waals surface area (Å²) in [5.41, 5.74) is 5.00. The highest BCUT2D eigenvalue weighted by atomic mass is 32.2. The van der Waals surface area contributed by atoms with Crippen LogP contribution in [0.15, 0.2) is 66.7 Å². The van der Waals surface area contributed by atoms with Crippen molar-refractivity contribution in [2.45, 2.75) is 12.7 Å². The molecular formula is C23H20N2O3S2. The van der Waals surface area contributed by atoms with Crippen molar-refractivity contribution in [1.82, 2.24) is 4.98 Å². The van der Waals surface area contributed by atoms with Crippen LogP contribution < -0.4 is 5.32 Å². The summed E-state index contributed by atoms with van der Waals surface area (Å²) >= 11 is 1.65. The standard InChI is InChI=1S/C23H20N2O3S2/c1-15-3-12-20-21(13-15)29-23(25-20)18-8-10-19(11-9-18)24-22(26)17-6-4-16(5-7-17)14-30(2,27)28/h3-13H,14H2,1-2H3,(H,24,26). The van der Waals surface area contributed by atoms with Gasteiger partial charge in [-0.3, -0.25) is 4.79 Å². The minimum Gasteiger partial charge on any atom is -0.322 e. The van der Waals surface area contributed by atoms with Gasteiger partial charge in [-0.2, -0.15) is 0 Å². The van der Waals surface area contributed by atoms with Crippen molar-refractivity contribution in [2.24, 2.45) is 0 Å². The highest BCUT2D eigenvalue weighted by Gasteiger charge is 2.10. The molecule has 0 bridgehead atoms. The van der Waals surface area contributed by atoms with Gasteiger partial charge in [0.15, 0.2) is 9.84 Å². The molecular weight excluding hydrogens is 416 g/mol. The van der Waals surface area contributed by atoms with Gasteiger partial charge in [-0.1, -0.05) is 18.2 Å². The molecule has 152 valence electrons. The van der Waals surface area contributed by atoms with Crippen molar-refractivity contribution in [2.75, 3.05) is 11.6 Å². The molecule has 1 heterocycles. The molecule has 0 spiro atoms. The van der Waals surface area contributed by atoms with Crippen LogP contribution >= 0.6 is 11.3 Å². The van der Waals surface area contributed by atoms with Crippen LogP contribution in [-0.4, -0.2) is 25.6 Å². The number of rotatable bonds is 5. The molecule has 30 heavy (non-hydrogen) atoms. The Bertz CT molecular complexity index is 1320. The fraction of sp³-hybridized carbons (Fsp3) is 0.130. The number of thiazole rings is 1. The Labute approximate surface area is 179 Å². The van der Waals surface area contributed by atoms with Crippen molar-refractivity contribution in [3.63, 3.8) is 0 Å². The zero-order valence-electron chi connectivity index (χ0n) is 16.5. The van der Waals surface area contributed by atoms with Gasteiger partial charge in [-0.25, -0.2) is 13.4 Å². The summed E-state index contributed by atoms with van der Waals surface area (Å²) in [7, 11) is -3.10.